The third-order valence-electron chi connectivity index (χ3n) is 2.34. The number of carboxylic acid groups (broad SMARTS) is 1. The van der Waals surface area contributed by atoms with Crippen LogP contribution in [0.1, 0.15) is 33.6 Å². The topological polar surface area (TPSA) is 65.0 Å². The molecule has 5 nitrogen and oxygen atoms in total. The van der Waals surface area contributed by atoms with Crippen LogP contribution in [-0.4, -0.2) is 45.0 Å². The molecule has 1 atom stereocenters. The zero-order chi connectivity index (χ0) is 14.0. The first-order chi connectivity index (χ1) is 8.51. The summed E-state index contributed by atoms with van der Waals surface area (Å²) in [5, 5.41) is 8.13. The third-order valence-corrected chi connectivity index (χ3v) is 5.97. The average molecular weight is 296 g/mol. The lowest BCUT2D eigenvalue weighted by Crippen LogP contribution is -2.46. The number of hydrogen-bond acceptors (Lipinski definition) is 5. The minimum Gasteiger partial charge on any atom is -0.480 e. The molecule has 0 aromatic carbocycles. The van der Waals surface area contributed by atoms with E-state index in [0.29, 0.717) is 38.7 Å². The molecule has 7 heteroatoms. The standard InChI is InChI=1S/C11H24O5SSi/c1-4-14-18(15-5-2,16-6-3)9-7-8-10(17)11(12)13/h10,17H,4-9H2,1-3H3,(H,12,13). The molecule has 0 rings (SSSR count). The van der Waals surface area contributed by atoms with Crippen molar-refractivity contribution in [3.8, 4) is 0 Å². The second-order valence-electron chi connectivity index (χ2n) is 3.73. The van der Waals surface area contributed by atoms with Crippen molar-refractivity contribution in [1.29, 1.82) is 0 Å². The van der Waals surface area contributed by atoms with Crippen LogP contribution in [-0.2, 0) is 18.1 Å². The van der Waals surface area contributed by atoms with E-state index in [1.807, 2.05) is 20.8 Å². The molecule has 0 aromatic rings. The molecule has 0 aromatic heterocycles. The average Bonchev–Trinajstić information content (AvgIpc) is 2.29. The molecule has 0 aliphatic heterocycles. The predicted octanol–water partition coefficient (Wildman–Crippen LogP) is 2.20. The summed E-state index contributed by atoms with van der Waals surface area (Å²) in [6.07, 6.45) is 1.16. The Morgan fingerprint density at radius 3 is 1.94 bits per heavy atom. The van der Waals surface area contributed by atoms with Gasteiger partial charge in [-0.25, -0.2) is 0 Å². The summed E-state index contributed by atoms with van der Waals surface area (Å²) in [5.74, 6) is -0.894. The molecule has 0 saturated heterocycles. The Morgan fingerprint density at radius 1 is 1.17 bits per heavy atom. The molecule has 0 radical (unpaired) electrons. The fourth-order valence-electron chi connectivity index (χ4n) is 1.64. The lowest BCUT2D eigenvalue weighted by atomic mass is 10.2. The van der Waals surface area contributed by atoms with Crippen molar-refractivity contribution >= 4 is 27.4 Å². The van der Waals surface area contributed by atoms with Gasteiger partial charge in [-0.2, -0.15) is 12.6 Å². The number of rotatable bonds is 11. The Morgan fingerprint density at radius 2 is 1.61 bits per heavy atom. The van der Waals surface area contributed by atoms with Crippen molar-refractivity contribution in [2.24, 2.45) is 0 Å². The van der Waals surface area contributed by atoms with Gasteiger partial charge in [-0.05, 0) is 33.6 Å². The lowest BCUT2D eigenvalue weighted by Gasteiger charge is -2.28. The zero-order valence-electron chi connectivity index (χ0n) is 11.3. The molecule has 0 aliphatic rings. The first kappa shape index (κ1) is 17.9. The normalized spacial score (nSPS) is 13.6. The maximum atomic E-state index is 10.7. The monoisotopic (exact) mass is 296 g/mol. The summed E-state index contributed by atoms with van der Waals surface area (Å²) in [5.41, 5.74) is 0. The summed E-state index contributed by atoms with van der Waals surface area (Å²) in [6.45, 7) is 7.32. The van der Waals surface area contributed by atoms with E-state index in [1.54, 1.807) is 0 Å². The molecule has 0 fully saturated rings. The molecular weight excluding hydrogens is 272 g/mol. The van der Waals surface area contributed by atoms with E-state index in [1.165, 1.54) is 0 Å². The van der Waals surface area contributed by atoms with Crippen LogP contribution in [0.25, 0.3) is 0 Å². The van der Waals surface area contributed by atoms with Gasteiger partial charge in [0.25, 0.3) is 0 Å². The number of aliphatic carboxylic acids is 1. The van der Waals surface area contributed by atoms with E-state index in [4.69, 9.17) is 18.4 Å². The van der Waals surface area contributed by atoms with Gasteiger partial charge in [0.05, 0.1) is 5.25 Å². The number of hydrogen-bond donors (Lipinski definition) is 2. The Bertz CT molecular complexity index is 222. The molecule has 0 aliphatic carbocycles. The molecular formula is C11H24O5SSi. The van der Waals surface area contributed by atoms with Gasteiger partial charge < -0.3 is 18.4 Å². The first-order valence-electron chi connectivity index (χ1n) is 6.34. The Hall–Kier alpha value is -0.0831. The van der Waals surface area contributed by atoms with E-state index in [-0.39, 0.29) is 0 Å². The largest absolute Gasteiger partial charge is 0.500 e. The van der Waals surface area contributed by atoms with E-state index in [9.17, 15) is 4.79 Å². The van der Waals surface area contributed by atoms with Crippen LogP contribution in [0.2, 0.25) is 6.04 Å². The quantitative estimate of drug-likeness (QED) is 0.452. The van der Waals surface area contributed by atoms with Gasteiger partial charge in [-0.3, -0.25) is 4.79 Å². The highest BCUT2D eigenvalue weighted by Gasteiger charge is 2.39. The molecule has 108 valence electrons. The van der Waals surface area contributed by atoms with Gasteiger partial charge in [0, 0.05) is 25.9 Å². The van der Waals surface area contributed by atoms with E-state index in [2.05, 4.69) is 12.6 Å². The third kappa shape index (κ3) is 6.74. The summed E-state index contributed by atoms with van der Waals surface area (Å²) in [6, 6.07) is 0.632. The van der Waals surface area contributed by atoms with Crippen molar-refractivity contribution in [1.82, 2.24) is 0 Å². The minimum atomic E-state index is -2.62. The molecule has 1 unspecified atom stereocenters. The highest BCUT2D eigenvalue weighted by Crippen LogP contribution is 2.21. The summed E-state index contributed by atoms with van der Waals surface area (Å²) < 4.78 is 17.0. The van der Waals surface area contributed by atoms with Gasteiger partial charge in [0.1, 0.15) is 0 Å². The lowest BCUT2D eigenvalue weighted by molar-refractivity contribution is -0.136. The second-order valence-corrected chi connectivity index (χ2v) is 7.08. The summed E-state index contributed by atoms with van der Waals surface area (Å²) in [4.78, 5) is 10.7. The van der Waals surface area contributed by atoms with E-state index in [0.717, 1.165) is 0 Å². The second kappa shape index (κ2) is 9.80. The van der Waals surface area contributed by atoms with Crippen LogP contribution in [0.15, 0.2) is 0 Å². The maximum Gasteiger partial charge on any atom is 0.500 e. The van der Waals surface area contributed by atoms with Crippen LogP contribution < -0.4 is 0 Å². The van der Waals surface area contributed by atoms with Crippen molar-refractivity contribution in [2.75, 3.05) is 19.8 Å². The van der Waals surface area contributed by atoms with Gasteiger partial charge in [0.2, 0.25) is 0 Å². The molecule has 0 spiro atoms. The molecule has 0 bridgehead atoms. The SMILES string of the molecule is CCO[Si](CCCC(S)C(=O)O)(OCC)OCC. The van der Waals surface area contributed by atoms with Crippen molar-refractivity contribution in [3.05, 3.63) is 0 Å². The number of carboxylic acids is 1. The van der Waals surface area contributed by atoms with Crippen molar-refractivity contribution in [3.63, 3.8) is 0 Å². The number of carbonyl (C=O) groups is 1. The van der Waals surface area contributed by atoms with E-state index < -0.39 is 20.0 Å². The van der Waals surface area contributed by atoms with Crippen molar-refractivity contribution in [2.45, 2.75) is 44.9 Å². The highest BCUT2D eigenvalue weighted by atomic mass is 32.1. The molecule has 0 heterocycles. The van der Waals surface area contributed by atoms with Gasteiger partial charge in [0.15, 0.2) is 0 Å². The minimum absolute atomic E-state index is 0.487. The van der Waals surface area contributed by atoms with Crippen LogP contribution in [0.4, 0.5) is 0 Å². The van der Waals surface area contributed by atoms with Gasteiger partial charge in [-0.15, -0.1) is 0 Å². The maximum absolute atomic E-state index is 10.7. The fourth-order valence-corrected chi connectivity index (χ4v) is 4.46. The zero-order valence-corrected chi connectivity index (χ0v) is 13.2. The first-order valence-corrected chi connectivity index (χ1v) is 8.78. The Kier molecular flexibility index (Phi) is 9.75. The predicted molar refractivity (Wildman–Crippen MR) is 75.1 cm³/mol. The van der Waals surface area contributed by atoms with Gasteiger partial charge in [-0.1, -0.05) is 0 Å². The fraction of sp³-hybridized carbons (Fsp3) is 0.909. The van der Waals surface area contributed by atoms with Crippen LogP contribution >= 0.6 is 12.6 Å². The number of thiol groups is 1. The van der Waals surface area contributed by atoms with Crippen molar-refractivity contribution < 1.29 is 23.2 Å². The van der Waals surface area contributed by atoms with Crippen LogP contribution in [0.5, 0.6) is 0 Å². The summed E-state index contributed by atoms with van der Waals surface area (Å²) >= 11 is 4.00. The Labute approximate surface area is 116 Å². The molecule has 0 amide bonds. The van der Waals surface area contributed by atoms with Gasteiger partial charge >= 0.3 is 14.8 Å². The smallest absolute Gasteiger partial charge is 0.480 e. The van der Waals surface area contributed by atoms with E-state index >= 15 is 0 Å². The molecule has 18 heavy (non-hydrogen) atoms. The molecule has 1 N–H and O–H groups in total. The highest BCUT2D eigenvalue weighted by molar-refractivity contribution is 7.81. The Balaban J connectivity index is 4.33. The van der Waals surface area contributed by atoms with Crippen LogP contribution in [0.3, 0.4) is 0 Å². The summed E-state index contributed by atoms with van der Waals surface area (Å²) in [7, 11) is -2.62. The molecule has 0 saturated carbocycles. The van der Waals surface area contributed by atoms with Crippen LogP contribution in [0, 0.1) is 0 Å².